The second-order valence-electron chi connectivity index (χ2n) is 7.52. The fraction of sp³-hybridized carbons (Fsp3) is 0.750. The van der Waals surface area contributed by atoms with E-state index in [1.165, 1.54) is 0 Å². The Morgan fingerprint density at radius 1 is 0.875 bits per heavy atom. The molecule has 0 saturated heterocycles. The molecule has 0 aromatic rings. The summed E-state index contributed by atoms with van der Waals surface area (Å²) in [5, 5.41) is 3.10. The summed E-state index contributed by atoms with van der Waals surface area (Å²) < 4.78 is 0. The van der Waals surface area contributed by atoms with E-state index in [0.29, 0.717) is 9.98 Å². The number of hydrogen-bond donors (Lipinski definition) is 2. The maximum absolute atomic E-state index is 12.3. The number of hydrogen-bond acceptors (Lipinski definition) is 4. The van der Waals surface area contributed by atoms with Crippen molar-refractivity contribution in [3.8, 4) is 0 Å². The Balaban J connectivity index is 1.84. The van der Waals surface area contributed by atoms with Crippen LogP contribution in [0.25, 0.3) is 0 Å². The lowest BCUT2D eigenvalue weighted by Gasteiger charge is -2.28. The summed E-state index contributed by atoms with van der Waals surface area (Å²) in [4.78, 5) is 26.0. The zero-order chi connectivity index (χ0) is 18.3. The van der Waals surface area contributed by atoms with Crippen molar-refractivity contribution in [2.24, 2.45) is 16.7 Å². The number of thiocarbonyl (C=S) groups is 2. The predicted molar refractivity (Wildman–Crippen MR) is 101 cm³/mol. The number of nitrogens with one attached hydrogen (secondary N) is 2. The Kier molecular flexibility index (Phi) is 5.20. The number of rotatable bonds is 4. The third-order valence-corrected chi connectivity index (χ3v) is 6.52. The Labute approximate surface area is 154 Å². The van der Waals surface area contributed by atoms with Crippen molar-refractivity contribution in [3.05, 3.63) is 0 Å². The zero-order valence-electron chi connectivity index (χ0n) is 14.9. The van der Waals surface area contributed by atoms with Crippen molar-refractivity contribution in [2.75, 3.05) is 14.1 Å². The van der Waals surface area contributed by atoms with E-state index in [0.717, 1.165) is 25.7 Å². The molecule has 6 nitrogen and oxygen atoms in total. The molecule has 2 aliphatic carbocycles. The molecule has 24 heavy (non-hydrogen) atoms. The minimum Gasteiger partial charge on any atom is -0.281 e. The van der Waals surface area contributed by atoms with Crippen LogP contribution in [-0.2, 0) is 9.59 Å². The molecule has 2 amide bonds. The molecule has 2 fully saturated rings. The van der Waals surface area contributed by atoms with Gasteiger partial charge >= 0.3 is 0 Å². The fourth-order valence-corrected chi connectivity index (χ4v) is 2.86. The smallest absolute Gasteiger partial charge is 0.250 e. The Morgan fingerprint density at radius 2 is 1.17 bits per heavy atom. The Hall–Kier alpha value is -1.28. The molecule has 0 heterocycles. The number of nitrogens with zero attached hydrogens (tertiary/aromatic N) is 2. The number of carbonyl (C=O) groups is 2. The lowest BCUT2D eigenvalue weighted by molar-refractivity contribution is -0.137. The van der Waals surface area contributed by atoms with Crippen molar-refractivity contribution in [1.29, 1.82) is 0 Å². The molecule has 0 atom stereocenters. The topological polar surface area (TPSA) is 64.7 Å². The van der Waals surface area contributed by atoms with Crippen LogP contribution in [0.5, 0.6) is 0 Å². The van der Waals surface area contributed by atoms with E-state index in [9.17, 15) is 9.59 Å². The fourth-order valence-electron chi connectivity index (χ4n) is 2.36. The van der Waals surface area contributed by atoms with Crippen molar-refractivity contribution in [3.63, 3.8) is 0 Å². The molecule has 134 valence electrons. The number of amides is 2. The van der Waals surface area contributed by atoms with Crippen LogP contribution in [0, 0.1) is 16.7 Å². The third kappa shape index (κ3) is 4.03. The largest absolute Gasteiger partial charge is 0.281 e. The van der Waals surface area contributed by atoms with Gasteiger partial charge in [0.2, 0.25) is 0 Å². The van der Waals surface area contributed by atoms with Crippen LogP contribution >= 0.6 is 24.4 Å². The van der Waals surface area contributed by atoms with E-state index in [2.05, 4.69) is 24.7 Å². The monoisotopic (exact) mass is 370 g/mol. The van der Waals surface area contributed by atoms with Gasteiger partial charge in [0, 0.05) is 24.9 Å². The first-order valence-electron chi connectivity index (χ1n) is 8.17. The summed E-state index contributed by atoms with van der Waals surface area (Å²) in [6, 6.07) is 0. The standard InChI is InChI=1S/C16H26N4O2S2/c1-10(11(21)17-19(4)13(23)15(2)6-7-15)12(22)18-20(5)14(24)16(3)8-9-16/h10H,6-9H2,1-5H3,(H,17,21)(H,18,22). The highest BCUT2D eigenvalue weighted by Crippen LogP contribution is 2.47. The Morgan fingerprint density at radius 3 is 1.42 bits per heavy atom. The molecular weight excluding hydrogens is 344 g/mol. The first kappa shape index (κ1) is 19.1. The summed E-state index contributed by atoms with van der Waals surface area (Å²) in [5.41, 5.74) is 5.38. The minimum atomic E-state index is -0.848. The second-order valence-corrected chi connectivity index (χ2v) is 8.30. The molecule has 0 radical (unpaired) electrons. The zero-order valence-corrected chi connectivity index (χ0v) is 16.6. The van der Waals surface area contributed by atoms with Crippen LogP contribution in [0.4, 0.5) is 0 Å². The minimum absolute atomic E-state index is 0.00499. The third-order valence-electron chi connectivity index (χ3n) is 4.98. The van der Waals surface area contributed by atoms with Gasteiger partial charge in [0.1, 0.15) is 15.9 Å². The van der Waals surface area contributed by atoms with Crippen molar-refractivity contribution < 1.29 is 9.59 Å². The molecule has 2 rings (SSSR count). The molecule has 0 aromatic heterocycles. The number of carbonyl (C=O) groups excluding carboxylic acids is 2. The normalized spacial score (nSPS) is 19.2. The van der Waals surface area contributed by atoms with E-state index >= 15 is 0 Å². The summed E-state index contributed by atoms with van der Waals surface area (Å²) in [6.07, 6.45) is 4.12. The van der Waals surface area contributed by atoms with E-state index in [1.54, 1.807) is 31.0 Å². The average Bonchev–Trinajstić information content (AvgIpc) is 3.44. The maximum Gasteiger partial charge on any atom is 0.250 e. The van der Waals surface area contributed by atoms with Gasteiger partial charge < -0.3 is 0 Å². The van der Waals surface area contributed by atoms with Crippen molar-refractivity contribution in [1.82, 2.24) is 20.9 Å². The molecule has 0 bridgehead atoms. The lowest BCUT2D eigenvalue weighted by Crippen LogP contribution is -2.52. The van der Waals surface area contributed by atoms with Gasteiger partial charge in [-0.25, -0.2) is 0 Å². The highest BCUT2D eigenvalue weighted by molar-refractivity contribution is 7.80. The van der Waals surface area contributed by atoms with Crippen LogP contribution in [0.3, 0.4) is 0 Å². The van der Waals surface area contributed by atoms with E-state index in [4.69, 9.17) is 24.4 Å². The van der Waals surface area contributed by atoms with Gasteiger partial charge in [-0.3, -0.25) is 30.5 Å². The molecule has 0 unspecified atom stereocenters. The second kappa shape index (κ2) is 6.55. The molecule has 0 aliphatic heterocycles. The summed E-state index contributed by atoms with van der Waals surface area (Å²) in [5.74, 6) is -1.63. The molecule has 8 heteroatoms. The molecule has 0 aromatic carbocycles. The van der Waals surface area contributed by atoms with Crippen LogP contribution in [0.2, 0.25) is 0 Å². The molecule has 2 N–H and O–H groups in total. The lowest BCUT2D eigenvalue weighted by atomic mass is 10.1. The summed E-state index contributed by atoms with van der Waals surface area (Å²) in [7, 11) is 3.42. The van der Waals surface area contributed by atoms with E-state index in [-0.39, 0.29) is 10.8 Å². The van der Waals surface area contributed by atoms with Crippen LogP contribution in [0.1, 0.15) is 46.5 Å². The Bertz CT molecular complexity index is 535. The van der Waals surface area contributed by atoms with Crippen molar-refractivity contribution in [2.45, 2.75) is 46.5 Å². The van der Waals surface area contributed by atoms with Gasteiger partial charge in [-0.15, -0.1) is 0 Å². The van der Waals surface area contributed by atoms with Gasteiger partial charge in [-0.2, -0.15) is 0 Å². The van der Waals surface area contributed by atoms with Gasteiger partial charge in [0.25, 0.3) is 11.8 Å². The van der Waals surface area contributed by atoms with Gasteiger partial charge in [-0.05, 0) is 32.6 Å². The van der Waals surface area contributed by atoms with Crippen LogP contribution in [-0.4, -0.2) is 45.9 Å². The first-order chi connectivity index (χ1) is 11.0. The first-order valence-corrected chi connectivity index (χ1v) is 8.99. The highest BCUT2D eigenvalue weighted by atomic mass is 32.1. The highest BCUT2D eigenvalue weighted by Gasteiger charge is 2.44. The molecule has 2 aliphatic rings. The van der Waals surface area contributed by atoms with Gasteiger partial charge in [0.15, 0.2) is 0 Å². The van der Waals surface area contributed by atoms with E-state index in [1.807, 2.05) is 0 Å². The van der Waals surface area contributed by atoms with Crippen LogP contribution < -0.4 is 10.9 Å². The van der Waals surface area contributed by atoms with E-state index < -0.39 is 17.7 Å². The summed E-state index contributed by atoms with van der Waals surface area (Å²) in [6.45, 7) is 5.71. The SMILES string of the molecule is CC(C(=O)NN(C)C(=S)C1(C)CC1)C(=O)NN(C)C(=S)C1(C)CC1. The average molecular weight is 371 g/mol. The molecule has 2 saturated carbocycles. The molecule has 0 spiro atoms. The van der Waals surface area contributed by atoms with Gasteiger partial charge in [-0.1, -0.05) is 38.3 Å². The van der Waals surface area contributed by atoms with Crippen molar-refractivity contribution >= 4 is 46.2 Å². The van der Waals surface area contributed by atoms with Gasteiger partial charge in [0.05, 0.1) is 0 Å². The number of hydrazine groups is 2. The predicted octanol–water partition coefficient (Wildman–Crippen LogP) is 1.80. The maximum atomic E-state index is 12.3. The quantitative estimate of drug-likeness (QED) is 0.447. The van der Waals surface area contributed by atoms with Crippen LogP contribution in [0.15, 0.2) is 0 Å². The summed E-state index contributed by atoms with van der Waals surface area (Å²) >= 11 is 10.8. The molecular formula is C16H26N4O2S2.